The van der Waals surface area contributed by atoms with Gasteiger partial charge in [-0.3, -0.25) is 9.59 Å². The number of hydrogen-bond acceptors (Lipinski definition) is 7. The van der Waals surface area contributed by atoms with Crippen molar-refractivity contribution in [2.24, 2.45) is 17.3 Å². The first-order chi connectivity index (χ1) is 18.8. The lowest BCUT2D eigenvalue weighted by Gasteiger charge is -2.44. The number of thiazole rings is 1. The molecule has 0 spiro atoms. The average Bonchev–Trinajstić information content (AvgIpc) is 3.27. The molecule has 0 aliphatic carbocycles. The Hall–Kier alpha value is -1.61. The molecule has 8 heteroatoms. The number of ketones is 1. The van der Waals surface area contributed by atoms with Crippen molar-refractivity contribution in [3.8, 4) is 0 Å². The normalized spacial score (nSPS) is 29.5. The van der Waals surface area contributed by atoms with Crippen LogP contribution >= 0.6 is 11.3 Å². The second kappa shape index (κ2) is 14.2. The Balaban J connectivity index is 2.53. The van der Waals surface area contributed by atoms with Crippen LogP contribution in [-0.4, -0.2) is 48.5 Å². The minimum absolute atomic E-state index is 0.0188. The van der Waals surface area contributed by atoms with E-state index in [1.807, 2.05) is 53.0 Å². The van der Waals surface area contributed by atoms with E-state index in [1.165, 1.54) is 5.57 Å². The molecule has 1 aromatic rings. The second-order valence-corrected chi connectivity index (χ2v) is 20.1. The quantitative estimate of drug-likeness (QED) is 0.211. The lowest BCUT2D eigenvalue weighted by Crippen LogP contribution is -2.52. The lowest BCUT2D eigenvalue weighted by atomic mass is 9.73. The van der Waals surface area contributed by atoms with E-state index in [0.717, 1.165) is 35.5 Å². The number of cyclic esters (lactones) is 1. The zero-order chi connectivity index (χ0) is 31.3. The van der Waals surface area contributed by atoms with E-state index in [-0.39, 0.29) is 29.1 Å². The van der Waals surface area contributed by atoms with Gasteiger partial charge in [0.15, 0.2) is 8.32 Å². The number of aromatic nitrogens is 1. The van der Waals surface area contributed by atoms with Crippen LogP contribution in [0.2, 0.25) is 18.1 Å². The highest BCUT2D eigenvalue weighted by Gasteiger charge is 2.48. The Bertz CT molecular complexity index is 1110. The minimum atomic E-state index is -2.36. The van der Waals surface area contributed by atoms with Gasteiger partial charge in [-0.05, 0) is 75.7 Å². The molecule has 0 fully saturated rings. The minimum Gasteiger partial charge on any atom is -0.457 e. The predicted octanol–water partition coefficient (Wildman–Crippen LogP) is 8.30. The molecule has 0 saturated carbocycles. The van der Waals surface area contributed by atoms with Crippen LogP contribution in [0, 0.1) is 24.2 Å². The molecule has 1 aliphatic heterocycles. The van der Waals surface area contributed by atoms with E-state index >= 15 is 0 Å². The van der Waals surface area contributed by atoms with Crippen LogP contribution in [-0.2, 0) is 18.8 Å². The molecule has 1 N–H and O–H groups in total. The summed E-state index contributed by atoms with van der Waals surface area (Å²) in [4.78, 5) is 32.2. The van der Waals surface area contributed by atoms with Crippen molar-refractivity contribution in [2.45, 2.75) is 138 Å². The molecule has 0 saturated heterocycles. The number of carbonyl (C=O) groups is 2. The number of hydrogen-bond donors (Lipinski definition) is 1. The van der Waals surface area contributed by atoms with Gasteiger partial charge in [0, 0.05) is 23.1 Å². The van der Waals surface area contributed by atoms with Crippen molar-refractivity contribution in [3.05, 3.63) is 33.3 Å². The van der Waals surface area contributed by atoms with Gasteiger partial charge in [-0.2, -0.15) is 0 Å². The Morgan fingerprint density at radius 2 is 1.85 bits per heavy atom. The summed E-state index contributed by atoms with van der Waals surface area (Å²) in [5.74, 6) is -1.06. The van der Waals surface area contributed by atoms with Crippen LogP contribution in [0.5, 0.6) is 0 Å². The third-order valence-corrected chi connectivity index (χ3v) is 14.5. The second-order valence-electron chi connectivity index (χ2n) is 14.3. The zero-order valence-electron chi connectivity index (χ0n) is 27.6. The third-order valence-electron chi connectivity index (χ3n) is 9.25. The number of rotatable bonds is 4. The van der Waals surface area contributed by atoms with Crippen molar-refractivity contribution in [1.29, 1.82) is 0 Å². The molecule has 5 atom stereocenters. The fourth-order valence-electron chi connectivity index (χ4n) is 5.11. The van der Waals surface area contributed by atoms with Gasteiger partial charge in [0.25, 0.3) is 0 Å². The number of aliphatic hydroxyl groups is 1. The summed E-state index contributed by atoms with van der Waals surface area (Å²) in [7, 11) is -2.36. The summed E-state index contributed by atoms with van der Waals surface area (Å²) < 4.78 is 13.0. The maximum absolute atomic E-state index is 14.0. The fourth-order valence-corrected chi connectivity index (χ4v) is 7.12. The van der Waals surface area contributed by atoms with Gasteiger partial charge in [0.2, 0.25) is 0 Å². The van der Waals surface area contributed by atoms with Crippen molar-refractivity contribution in [2.75, 3.05) is 0 Å². The molecule has 232 valence electrons. The number of ether oxygens (including phenoxy) is 1. The maximum Gasteiger partial charge on any atom is 0.309 e. The van der Waals surface area contributed by atoms with Crippen LogP contribution in [0.4, 0.5) is 0 Å². The topological polar surface area (TPSA) is 85.7 Å². The molecular weight excluding hydrogens is 551 g/mol. The summed E-state index contributed by atoms with van der Waals surface area (Å²) in [6.07, 6.45) is 5.44. The fraction of sp³-hybridized carbons (Fsp3) is 0.727. The first kappa shape index (κ1) is 35.6. The molecule has 5 unspecified atom stereocenters. The highest BCUT2D eigenvalue weighted by atomic mass is 32.1. The SMILES string of the molecule is C/C1=C\CC(/C(C)=C/c2csc(C)n2)OC(=O)CC(O[Si](C)(C)C(C)(C)C)C(C)(C)C(=O)C(C)C(O)C(C)CCC1. The molecule has 1 aromatic heterocycles. The summed E-state index contributed by atoms with van der Waals surface area (Å²) >= 11 is 1.59. The number of aliphatic hydroxyl groups excluding tert-OH is 1. The Morgan fingerprint density at radius 3 is 2.41 bits per heavy atom. The van der Waals surface area contributed by atoms with Crippen LogP contribution < -0.4 is 0 Å². The van der Waals surface area contributed by atoms with E-state index < -0.39 is 38.0 Å². The molecular formula is C33H55NO5SSi. The van der Waals surface area contributed by atoms with Crippen molar-refractivity contribution in [3.63, 3.8) is 0 Å². The van der Waals surface area contributed by atoms with Crippen LogP contribution in [0.15, 0.2) is 22.6 Å². The van der Waals surface area contributed by atoms with Gasteiger partial charge in [-0.15, -0.1) is 11.3 Å². The number of Topliss-reactive ketones (excluding diaryl/α,β-unsaturated/α-hetero) is 1. The lowest BCUT2D eigenvalue weighted by molar-refractivity contribution is -0.153. The summed E-state index contributed by atoms with van der Waals surface area (Å²) in [6, 6.07) is 0. The van der Waals surface area contributed by atoms with Gasteiger partial charge in [0.05, 0.1) is 29.3 Å². The Labute approximate surface area is 254 Å². The molecule has 41 heavy (non-hydrogen) atoms. The molecule has 0 amide bonds. The molecule has 1 aliphatic rings. The molecule has 0 radical (unpaired) electrons. The largest absolute Gasteiger partial charge is 0.457 e. The third kappa shape index (κ3) is 9.70. The number of nitrogens with zero attached hydrogens (tertiary/aromatic N) is 1. The predicted molar refractivity (Wildman–Crippen MR) is 172 cm³/mol. The van der Waals surface area contributed by atoms with Crippen molar-refractivity contribution < 1.29 is 23.9 Å². The zero-order valence-corrected chi connectivity index (χ0v) is 29.4. The Kier molecular flexibility index (Phi) is 12.4. The van der Waals surface area contributed by atoms with Gasteiger partial charge >= 0.3 is 5.97 Å². The standard InChI is InChI=1S/C33H55NO5SSi/c1-21-14-13-15-22(2)30(36)24(4)31(37)33(9,10)28(39-41(11,12)32(6,7)8)19-29(35)38-27(17-16-21)23(3)18-26-20-40-25(5)34-26/h16,18,20,22,24,27-28,30,36H,13-15,17,19H2,1-12H3/b21-16+,23-18+. The number of allylic oxidation sites excluding steroid dienone is 1. The molecule has 2 heterocycles. The van der Waals surface area contributed by atoms with Crippen LogP contribution in [0.3, 0.4) is 0 Å². The van der Waals surface area contributed by atoms with Gasteiger partial charge in [-0.25, -0.2) is 4.98 Å². The number of carbonyl (C=O) groups excluding carboxylic acids is 2. The molecule has 0 aromatic carbocycles. The van der Waals surface area contributed by atoms with E-state index in [0.29, 0.717) is 6.42 Å². The molecule has 0 bridgehead atoms. The first-order valence-electron chi connectivity index (χ1n) is 15.1. The highest BCUT2D eigenvalue weighted by Crippen LogP contribution is 2.42. The maximum atomic E-state index is 14.0. The summed E-state index contributed by atoms with van der Waals surface area (Å²) in [5.41, 5.74) is 2.01. The van der Waals surface area contributed by atoms with Crippen molar-refractivity contribution >= 4 is 37.5 Å². The van der Waals surface area contributed by atoms with E-state index in [2.05, 4.69) is 51.8 Å². The van der Waals surface area contributed by atoms with Crippen LogP contribution in [0.1, 0.15) is 105 Å². The summed E-state index contributed by atoms with van der Waals surface area (Å²) in [6.45, 7) is 24.3. The first-order valence-corrected chi connectivity index (χ1v) is 18.9. The summed E-state index contributed by atoms with van der Waals surface area (Å²) in [5, 5.41) is 14.1. The number of esters is 1. The van der Waals surface area contributed by atoms with Crippen LogP contribution in [0.25, 0.3) is 6.08 Å². The Morgan fingerprint density at radius 1 is 1.22 bits per heavy atom. The van der Waals surface area contributed by atoms with Gasteiger partial charge in [-0.1, -0.05) is 60.1 Å². The van der Waals surface area contributed by atoms with Crippen molar-refractivity contribution in [1.82, 2.24) is 4.98 Å². The monoisotopic (exact) mass is 605 g/mol. The smallest absolute Gasteiger partial charge is 0.309 e. The number of aryl methyl sites for hydroxylation is 1. The van der Waals surface area contributed by atoms with E-state index in [4.69, 9.17) is 9.16 Å². The molecule has 6 nitrogen and oxygen atoms in total. The highest BCUT2D eigenvalue weighted by molar-refractivity contribution is 7.09. The van der Waals surface area contributed by atoms with Gasteiger partial charge < -0.3 is 14.3 Å². The average molecular weight is 606 g/mol. The van der Waals surface area contributed by atoms with E-state index in [9.17, 15) is 14.7 Å². The molecule has 2 rings (SSSR count). The van der Waals surface area contributed by atoms with Gasteiger partial charge in [0.1, 0.15) is 11.9 Å². The van der Waals surface area contributed by atoms with E-state index in [1.54, 1.807) is 11.3 Å².